The minimum atomic E-state index is -0.517. The van der Waals surface area contributed by atoms with Gasteiger partial charge in [-0.05, 0) is 51.6 Å². The van der Waals surface area contributed by atoms with Gasteiger partial charge in [-0.3, -0.25) is 14.4 Å². The van der Waals surface area contributed by atoms with E-state index in [0.717, 1.165) is 19.3 Å². The minimum Gasteiger partial charge on any atom is -0.346 e. The molecule has 152 valence electrons. The van der Waals surface area contributed by atoms with E-state index in [1.165, 1.54) is 0 Å². The van der Waals surface area contributed by atoms with E-state index in [1.54, 1.807) is 7.05 Å². The number of hydrogen-bond donors (Lipinski definition) is 4. The molecule has 5 N–H and O–H groups in total. The molecule has 0 saturated carbocycles. The van der Waals surface area contributed by atoms with Crippen molar-refractivity contribution in [2.75, 3.05) is 20.1 Å². The summed E-state index contributed by atoms with van der Waals surface area (Å²) in [6.45, 7) is 8.34. The molecule has 26 heavy (non-hydrogen) atoms. The number of rotatable bonds is 14. The van der Waals surface area contributed by atoms with Crippen LogP contribution in [0.4, 0.5) is 0 Å². The topological polar surface area (TPSA) is 113 Å². The van der Waals surface area contributed by atoms with Gasteiger partial charge in [0.2, 0.25) is 11.8 Å². The Kier molecular flexibility index (Phi) is 12.9. The summed E-state index contributed by atoms with van der Waals surface area (Å²) in [7, 11) is 1.73. The Morgan fingerprint density at radius 3 is 2.19 bits per heavy atom. The zero-order chi connectivity index (χ0) is 20.1. The molecule has 0 aliphatic rings. The van der Waals surface area contributed by atoms with Crippen molar-refractivity contribution in [1.29, 1.82) is 0 Å². The van der Waals surface area contributed by atoms with Crippen LogP contribution in [0.25, 0.3) is 0 Å². The van der Waals surface area contributed by atoms with E-state index >= 15 is 0 Å². The van der Waals surface area contributed by atoms with E-state index in [4.69, 9.17) is 5.73 Å². The first-order valence-electron chi connectivity index (χ1n) is 9.74. The van der Waals surface area contributed by atoms with Crippen LogP contribution in [0.2, 0.25) is 0 Å². The van der Waals surface area contributed by atoms with Gasteiger partial charge in [-0.25, -0.2) is 0 Å². The Bertz CT molecular complexity index is 441. The third-order valence-corrected chi connectivity index (χ3v) is 4.52. The second-order valence-corrected chi connectivity index (χ2v) is 7.30. The first-order valence-corrected chi connectivity index (χ1v) is 9.74. The molecule has 0 aliphatic carbocycles. The first-order chi connectivity index (χ1) is 12.3. The molecule has 2 amide bonds. The third kappa shape index (κ3) is 9.87. The number of hydrogen-bond acceptors (Lipinski definition) is 5. The number of nitrogens with one attached hydrogen (secondary N) is 3. The minimum absolute atomic E-state index is 0.0390. The van der Waals surface area contributed by atoms with Gasteiger partial charge in [0.05, 0.1) is 18.6 Å². The Hall–Kier alpha value is -1.47. The van der Waals surface area contributed by atoms with E-state index in [1.807, 2.05) is 27.7 Å². The highest BCUT2D eigenvalue weighted by atomic mass is 16.2. The maximum absolute atomic E-state index is 12.5. The van der Waals surface area contributed by atoms with Crippen molar-refractivity contribution in [2.45, 2.75) is 71.9 Å². The number of likely N-dealkylation sites (N-methyl/N-ethyl adjacent to an activating group) is 1. The van der Waals surface area contributed by atoms with E-state index in [0.29, 0.717) is 25.3 Å². The number of unbranched alkanes of at least 4 members (excludes halogenated alkanes) is 1. The lowest BCUT2D eigenvalue weighted by molar-refractivity contribution is -0.131. The van der Waals surface area contributed by atoms with Crippen LogP contribution in [-0.2, 0) is 14.4 Å². The van der Waals surface area contributed by atoms with Gasteiger partial charge in [0.1, 0.15) is 0 Å². The highest BCUT2D eigenvalue weighted by Crippen LogP contribution is 2.11. The standard InChI is InChI=1S/C19H38N4O3/c1-6-14(4)18(25)15(9-7-8-10-20)23-17(24)12-22-19(26)16(21-5)11-13(2)3/h13-16,21H,6-12,20H2,1-5H3,(H,22,26)(H,23,24)/t14?,15-,16-/m0/s1. The van der Waals surface area contributed by atoms with Crippen molar-refractivity contribution >= 4 is 17.6 Å². The van der Waals surface area contributed by atoms with Crippen LogP contribution in [0.15, 0.2) is 0 Å². The Balaban J connectivity index is 4.63. The van der Waals surface area contributed by atoms with Gasteiger partial charge >= 0.3 is 0 Å². The third-order valence-electron chi connectivity index (χ3n) is 4.52. The summed E-state index contributed by atoms with van der Waals surface area (Å²) < 4.78 is 0. The molecule has 3 atom stereocenters. The lowest BCUT2D eigenvalue weighted by Crippen LogP contribution is -2.50. The fraction of sp³-hybridized carbons (Fsp3) is 0.842. The first kappa shape index (κ1) is 24.5. The van der Waals surface area contributed by atoms with Crippen molar-refractivity contribution in [3.05, 3.63) is 0 Å². The van der Waals surface area contributed by atoms with Gasteiger partial charge in [0.15, 0.2) is 5.78 Å². The summed E-state index contributed by atoms with van der Waals surface area (Å²) >= 11 is 0. The molecule has 0 aliphatic heterocycles. The normalized spacial score (nSPS) is 14.6. The van der Waals surface area contributed by atoms with Gasteiger partial charge in [0, 0.05) is 5.92 Å². The van der Waals surface area contributed by atoms with Gasteiger partial charge < -0.3 is 21.7 Å². The Morgan fingerprint density at radius 2 is 1.69 bits per heavy atom. The molecule has 0 spiro atoms. The quantitative estimate of drug-likeness (QED) is 0.340. The van der Waals surface area contributed by atoms with Gasteiger partial charge in [-0.15, -0.1) is 0 Å². The summed E-state index contributed by atoms with van der Waals surface area (Å²) in [5, 5.41) is 8.39. The SMILES string of the molecule is CCC(C)C(=O)[C@H](CCCCN)NC(=O)CNC(=O)[C@H](CC(C)C)NC. The highest BCUT2D eigenvalue weighted by Gasteiger charge is 2.25. The van der Waals surface area contributed by atoms with Crippen LogP contribution in [0.5, 0.6) is 0 Å². The van der Waals surface area contributed by atoms with E-state index in [9.17, 15) is 14.4 Å². The van der Waals surface area contributed by atoms with Crippen molar-refractivity contribution in [2.24, 2.45) is 17.6 Å². The number of ketones is 1. The maximum Gasteiger partial charge on any atom is 0.239 e. The summed E-state index contributed by atoms with van der Waals surface area (Å²) in [5.41, 5.74) is 5.51. The van der Waals surface area contributed by atoms with Crippen molar-refractivity contribution in [3.63, 3.8) is 0 Å². The maximum atomic E-state index is 12.5. The Morgan fingerprint density at radius 1 is 1.04 bits per heavy atom. The predicted molar refractivity (Wildman–Crippen MR) is 105 cm³/mol. The van der Waals surface area contributed by atoms with Gasteiger partial charge in [-0.2, -0.15) is 0 Å². The highest BCUT2D eigenvalue weighted by molar-refractivity contribution is 5.92. The Labute approximate surface area is 158 Å². The van der Waals surface area contributed by atoms with Crippen LogP contribution in [0, 0.1) is 11.8 Å². The average Bonchev–Trinajstić information content (AvgIpc) is 2.61. The fourth-order valence-corrected chi connectivity index (χ4v) is 2.69. The lowest BCUT2D eigenvalue weighted by atomic mass is 9.94. The largest absolute Gasteiger partial charge is 0.346 e. The molecule has 1 unspecified atom stereocenters. The summed E-state index contributed by atoms with van der Waals surface area (Å²) in [6.07, 6.45) is 3.60. The molecule has 0 rings (SSSR count). The van der Waals surface area contributed by atoms with Crippen molar-refractivity contribution in [1.82, 2.24) is 16.0 Å². The van der Waals surface area contributed by atoms with Gasteiger partial charge in [0.25, 0.3) is 0 Å². The molecular formula is C19H38N4O3. The molecule has 0 aromatic carbocycles. The van der Waals surface area contributed by atoms with Crippen molar-refractivity contribution in [3.8, 4) is 0 Å². The van der Waals surface area contributed by atoms with Crippen LogP contribution >= 0.6 is 0 Å². The molecule has 7 nitrogen and oxygen atoms in total. The zero-order valence-corrected chi connectivity index (χ0v) is 17.1. The number of nitrogens with two attached hydrogens (primary N) is 1. The van der Waals surface area contributed by atoms with Crippen LogP contribution in [0.3, 0.4) is 0 Å². The molecule has 0 saturated heterocycles. The molecule has 0 fully saturated rings. The number of carbonyl (C=O) groups excluding carboxylic acids is 3. The van der Waals surface area contributed by atoms with Crippen LogP contribution in [-0.4, -0.2) is 49.8 Å². The molecular weight excluding hydrogens is 332 g/mol. The van der Waals surface area contributed by atoms with Crippen molar-refractivity contribution < 1.29 is 14.4 Å². The molecule has 0 bridgehead atoms. The summed E-state index contributed by atoms with van der Waals surface area (Å²) in [5.74, 6) is -0.242. The molecule has 0 radical (unpaired) electrons. The van der Waals surface area contributed by atoms with Crippen LogP contribution < -0.4 is 21.7 Å². The number of amides is 2. The van der Waals surface area contributed by atoms with E-state index in [2.05, 4.69) is 16.0 Å². The number of carbonyl (C=O) groups is 3. The predicted octanol–water partition coefficient (Wildman–Crippen LogP) is 0.966. The average molecular weight is 371 g/mol. The van der Waals surface area contributed by atoms with E-state index < -0.39 is 6.04 Å². The fourth-order valence-electron chi connectivity index (χ4n) is 2.69. The lowest BCUT2D eigenvalue weighted by Gasteiger charge is -2.21. The summed E-state index contributed by atoms with van der Waals surface area (Å²) in [6, 6.07) is -0.846. The smallest absolute Gasteiger partial charge is 0.239 e. The second-order valence-electron chi connectivity index (χ2n) is 7.30. The summed E-state index contributed by atoms with van der Waals surface area (Å²) in [4.78, 5) is 36.9. The molecule has 0 aromatic rings. The van der Waals surface area contributed by atoms with Crippen LogP contribution in [0.1, 0.15) is 59.8 Å². The molecule has 7 heteroatoms. The molecule has 0 heterocycles. The monoisotopic (exact) mass is 370 g/mol. The van der Waals surface area contributed by atoms with E-state index in [-0.39, 0.29) is 36.1 Å². The van der Waals surface area contributed by atoms with Gasteiger partial charge in [-0.1, -0.05) is 27.7 Å². The number of Topliss-reactive ketones (excluding diaryl/α,β-unsaturated/α-hetero) is 1. The molecule has 0 aromatic heterocycles. The second kappa shape index (κ2) is 13.7. The zero-order valence-electron chi connectivity index (χ0n) is 17.1.